The van der Waals surface area contributed by atoms with Crippen molar-refractivity contribution in [1.82, 2.24) is 0 Å². The lowest BCUT2D eigenvalue weighted by Crippen LogP contribution is -2.10. The summed E-state index contributed by atoms with van der Waals surface area (Å²) in [6.07, 6.45) is 0.851. The van der Waals surface area contributed by atoms with Crippen LogP contribution in [0.5, 0.6) is 5.75 Å². The minimum atomic E-state index is -0.493. The molecule has 0 fully saturated rings. The number of rotatable bonds is 6. The van der Waals surface area contributed by atoms with Gasteiger partial charge in [0, 0.05) is 22.0 Å². The van der Waals surface area contributed by atoms with Gasteiger partial charge in [-0.05, 0) is 41.8 Å². The topological polar surface area (TPSA) is 65.7 Å². The van der Waals surface area contributed by atoms with Crippen LogP contribution in [-0.2, 0) is 29.0 Å². The van der Waals surface area contributed by atoms with Crippen LogP contribution in [0.4, 0.5) is 0 Å². The smallest absolute Gasteiger partial charge is 0.336 e. The first kappa shape index (κ1) is 19.0. The highest BCUT2D eigenvalue weighted by atomic mass is 35.5. The summed E-state index contributed by atoms with van der Waals surface area (Å²) >= 11 is 6.27. The van der Waals surface area contributed by atoms with Crippen LogP contribution in [0.15, 0.2) is 51.7 Å². The highest BCUT2D eigenvalue weighted by Gasteiger charge is 2.12. The second-order valence-corrected chi connectivity index (χ2v) is 6.48. The molecule has 6 heteroatoms. The van der Waals surface area contributed by atoms with Gasteiger partial charge < -0.3 is 13.9 Å². The Morgan fingerprint density at radius 3 is 2.52 bits per heavy atom. The summed E-state index contributed by atoms with van der Waals surface area (Å²) in [7, 11) is 1.58. The van der Waals surface area contributed by atoms with Gasteiger partial charge in [-0.1, -0.05) is 30.7 Å². The lowest BCUT2D eigenvalue weighted by Gasteiger charge is -2.09. The van der Waals surface area contributed by atoms with Crippen molar-refractivity contribution in [2.24, 2.45) is 0 Å². The van der Waals surface area contributed by atoms with Crippen molar-refractivity contribution >= 4 is 28.5 Å². The maximum atomic E-state index is 12.1. The molecule has 1 heterocycles. The molecule has 0 unspecified atom stereocenters. The van der Waals surface area contributed by atoms with Gasteiger partial charge in [0.25, 0.3) is 0 Å². The summed E-state index contributed by atoms with van der Waals surface area (Å²) in [5, 5.41) is 1.25. The molecule has 0 amide bonds. The predicted molar refractivity (Wildman–Crippen MR) is 103 cm³/mol. The third-order valence-corrected chi connectivity index (χ3v) is 4.63. The number of carbonyl (C=O) groups excluding carboxylic acids is 1. The molecule has 1 aromatic heterocycles. The van der Waals surface area contributed by atoms with Crippen molar-refractivity contribution in [2.75, 3.05) is 7.11 Å². The summed E-state index contributed by atoms with van der Waals surface area (Å²) in [6.45, 7) is 1.94. The summed E-state index contributed by atoms with van der Waals surface area (Å²) in [5.74, 6) is 0.329. The molecule has 27 heavy (non-hydrogen) atoms. The van der Waals surface area contributed by atoms with Gasteiger partial charge in [0.2, 0.25) is 0 Å². The maximum absolute atomic E-state index is 12.1. The lowest BCUT2D eigenvalue weighted by molar-refractivity contribution is -0.144. The van der Waals surface area contributed by atoms with E-state index in [-0.39, 0.29) is 13.0 Å². The molecule has 0 saturated carbocycles. The van der Waals surface area contributed by atoms with Gasteiger partial charge >= 0.3 is 11.6 Å². The first-order valence-electron chi connectivity index (χ1n) is 8.54. The number of hydrogen-bond acceptors (Lipinski definition) is 5. The molecule has 0 aliphatic heterocycles. The lowest BCUT2D eigenvalue weighted by atomic mass is 10.1. The van der Waals surface area contributed by atoms with E-state index in [0.717, 1.165) is 23.3 Å². The SMILES string of the molecule is CCc1cc2oc(=O)cc(COC(=O)Cc3ccc(OC)cc3)c2cc1Cl. The van der Waals surface area contributed by atoms with Crippen LogP contribution in [0, 0.1) is 0 Å². The van der Waals surface area contributed by atoms with E-state index in [1.807, 2.05) is 6.92 Å². The number of fused-ring (bicyclic) bond motifs is 1. The minimum Gasteiger partial charge on any atom is -0.497 e. The molecule has 3 aromatic rings. The van der Waals surface area contributed by atoms with E-state index in [0.29, 0.717) is 21.6 Å². The highest BCUT2D eigenvalue weighted by Crippen LogP contribution is 2.26. The third-order valence-electron chi connectivity index (χ3n) is 4.27. The highest BCUT2D eigenvalue weighted by molar-refractivity contribution is 6.32. The predicted octanol–water partition coefficient (Wildman–Crippen LogP) is 4.30. The zero-order chi connectivity index (χ0) is 19.4. The average Bonchev–Trinajstić information content (AvgIpc) is 2.66. The Hall–Kier alpha value is -2.79. The van der Waals surface area contributed by atoms with E-state index in [1.165, 1.54) is 6.07 Å². The third kappa shape index (κ3) is 4.49. The molecule has 0 spiro atoms. The number of carbonyl (C=O) groups is 1. The monoisotopic (exact) mass is 386 g/mol. The molecular weight excluding hydrogens is 368 g/mol. The first-order valence-corrected chi connectivity index (χ1v) is 8.91. The van der Waals surface area contributed by atoms with Crippen LogP contribution in [-0.4, -0.2) is 13.1 Å². The zero-order valence-electron chi connectivity index (χ0n) is 15.1. The Bertz CT molecular complexity index is 1020. The molecule has 140 valence electrons. The minimum absolute atomic E-state index is 0.0289. The number of methoxy groups -OCH3 is 1. The zero-order valence-corrected chi connectivity index (χ0v) is 15.8. The Labute approximate surface area is 161 Å². The summed E-state index contributed by atoms with van der Waals surface area (Å²) in [4.78, 5) is 24.0. The molecule has 0 atom stereocenters. The molecule has 5 nitrogen and oxygen atoms in total. The molecule has 2 aromatic carbocycles. The van der Waals surface area contributed by atoms with Gasteiger partial charge in [0.15, 0.2) is 0 Å². The largest absolute Gasteiger partial charge is 0.497 e. The number of hydrogen-bond donors (Lipinski definition) is 0. The van der Waals surface area contributed by atoms with Crippen molar-refractivity contribution < 1.29 is 18.7 Å². The molecule has 0 aliphatic carbocycles. The van der Waals surface area contributed by atoms with E-state index < -0.39 is 11.6 Å². The summed E-state index contributed by atoms with van der Waals surface area (Å²) < 4.78 is 15.7. The van der Waals surface area contributed by atoms with Crippen LogP contribution in [0.2, 0.25) is 5.02 Å². The fourth-order valence-corrected chi connectivity index (χ4v) is 3.10. The Morgan fingerprint density at radius 2 is 1.85 bits per heavy atom. The van der Waals surface area contributed by atoms with E-state index in [2.05, 4.69) is 0 Å². The first-order chi connectivity index (χ1) is 13.0. The van der Waals surface area contributed by atoms with Gasteiger partial charge in [-0.15, -0.1) is 0 Å². The molecular formula is C21H19ClO5. The Morgan fingerprint density at radius 1 is 1.11 bits per heavy atom. The molecule has 0 N–H and O–H groups in total. The maximum Gasteiger partial charge on any atom is 0.336 e. The molecule has 0 aliphatic rings. The number of benzene rings is 2. The molecule has 0 bridgehead atoms. The van der Waals surface area contributed by atoms with E-state index in [9.17, 15) is 9.59 Å². The molecule has 0 radical (unpaired) electrons. The summed E-state index contributed by atoms with van der Waals surface area (Å²) in [6, 6.07) is 12.0. The van der Waals surface area contributed by atoms with Crippen molar-refractivity contribution in [2.45, 2.75) is 26.4 Å². The van der Waals surface area contributed by atoms with Crippen LogP contribution in [0.3, 0.4) is 0 Å². The van der Waals surface area contributed by atoms with Crippen LogP contribution in [0.25, 0.3) is 11.0 Å². The van der Waals surface area contributed by atoms with Crippen molar-refractivity contribution in [3.8, 4) is 5.75 Å². The van der Waals surface area contributed by atoms with E-state index >= 15 is 0 Å². The normalized spacial score (nSPS) is 10.8. The Balaban J connectivity index is 1.76. The number of aryl methyl sites for hydroxylation is 1. The van der Waals surface area contributed by atoms with Gasteiger partial charge in [-0.2, -0.15) is 0 Å². The fraction of sp³-hybridized carbons (Fsp3) is 0.238. The van der Waals surface area contributed by atoms with Gasteiger partial charge in [-0.25, -0.2) is 4.79 Å². The molecule has 3 rings (SSSR count). The number of ether oxygens (including phenoxy) is 2. The van der Waals surface area contributed by atoms with Gasteiger partial charge in [-0.3, -0.25) is 4.79 Å². The number of halogens is 1. The van der Waals surface area contributed by atoms with E-state index in [1.54, 1.807) is 43.5 Å². The fourth-order valence-electron chi connectivity index (χ4n) is 2.80. The second kappa shape index (κ2) is 8.27. The summed E-state index contributed by atoms with van der Waals surface area (Å²) in [5.41, 5.74) is 2.21. The van der Waals surface area contributed by atoms with Crippen molar-refractivity contribution in [1.29, 1.82) is 0 Å². The van der Waals surface area contributed by atoms with Gasteiger partial charge in [0.1, 0.15) is 17.9 Å². The van der Waals surface area contributed by atoms with E-state index in [4.69, 9.17) is 25.5 Å². The van der Waals surface area contributed by atoms with Crippen LogP contribution in [0.1, 0.15) is 23.6 Å². The van der Waals surface area contributed by atoms with Crippen molar-refractivity contribution in [3.05, 3.63) is 74.6 Å². The van der Waals surface area contributed by atoms with Crippen LogP contribution < -0.4 is 10.4 Å². The second-order valence-electron chi connectivity index (χ2n) is 6.07. The quantitative estimate of drug-likeness (QED) is 0.466. The van der Waals surface area contributed by atoms with Gasteiger partial charge in [0.05, 0.1) is 13.5 Å². The van der Waals surface area contributed by atoms with Crippen molar-refractivity contribution in [3.63, 3.8) is 0 Å². The Kier molecular flexibility index (Phi) is 5.81. The standard InChI is InChI=1S/C21H19ClO5/c1-3-14-9-19-17(11-18(14)22)15(10-21(24)27-19)12-26-20(23)8-13-4-6-16(25-2)7-5-13/h4-7,9-11H,3,8,12H2,1-2H3. The average molecular weight is 387 g/mol. The number of esters is 1. The molecule has 0 saturated heterocycles. The van der Waals surface area contributed by atoms with Crippen LogP contribution >= 0.6 is 11.6 Å².